The maximum Gasteiger partial charge on any atom is 0.407 e. The van der Waals surface area contributed by atoms with Crippen LogP contribution in [0.4, 0.5) is 4.79 Å². The first kappa shape index (κ1) is 23.0. The number of carbonyl (C=O) groups excluding carboxylic acids is 3. The van der Waals surface area contributed by atoms with Crippen molar-refractivity contribution in [3.8, 4) is 0 Å². The Kier molecular flexibility index (Phi) is 6.60. The van der Waals surface area contributed by atoms with Crippen LogP contribution in [0.15, 0.2) is 83.8 Å². The van der Waals surface area contributed by atoms with Crippen molar-refractivity contribution >= 4 is 28.0 Å². The van der Waals surface area contributed by atoms with Gasteiger partial charge in [-0.05, 0) is 35.4 Å². The van der Waals surface area contributed by atoms with Crippen LogP contribution in [0.1, 0.15) is 31.8 Å². The largest absolute Gasteiger partial charge is 0.445 e. The van der Waals surface area contributed by atoms with Gasteiger partial charge in [0.25, 0.3) is 15.9 Å². The highest BCUT2D eigenvalue weighted by Crippen LogP contribution is 2.29. The van der Waals surface area contributed by atoms with Gasteiger partial charge in [0.05, 0.1) is 11.1 Å². The Labute approximate surface area is 196 Å². The Morgan fingerprint density at radius 1 is 0.824 bits per heavy atom. The van der Waals surface area contributed by atoms with Gasteiger partial charge in [-0.2, -0.15) is 4.31 Å². The van der Waals surface area contributed by atoms with Crippen LogP contribution in [0, 0.1) is 0 Å². The lowest BCUT2D eigenvalue weighted by atomic mass is 10.1. The number of fused-ring (bicyclic) bond motifs is 1. The first-order valence-electron chi connectivity index (χ1n) is 10.2. The van der Waals surface area contributed by atoms with Gasteiger partial charge in [-0.15, -0.1) is 0 Å². The molecular weight excluding hydrogens is 460 g/mol. The summed E-state index contributed by atoms with van der Waals surface area (Å²) < 4.78 is 35.7. The molecule has 9 nitrogen and oxygen atoms in total. The van der Waals surface area contributed by atoms with E-state index in [1.807, 2.05) is 30.3 Å². The van der Waals surface area contributed by atoms with Crippen LogP contribution < -0.4 is 5.32 Å². The molecule has 34 heavy (non-hydrogen) atoms. The number of ether oxygens (including phenoxy) is 2. The molecule has 1 aliphatic heterocycles. The van der Waals surface area contributed by atoms with Gasteiger partial charge in [0, 0.05) is 6.54 Å². The van der Waals surface area contributed by atoms with Gasteiger partial charge in [0.1, 0.15) is 11.5 Å². The second-order valence-corrected chi connectivity index (χ2v) is 9.16. The molecule has 0 aliphatic carbocycles. The van der Waals surface area contributed by atoms with Gasteiger partial charge in [-0.1, -0.05) is 54.6 Å². The number of esters is 1. The van der Waals surface area contributed by atoms with E-state index in [4.69, 9.17) is 9.47 Å². The van der Waals surface area contributed by atoms with Crippen LogP contribution in [0.3, 0.4) is 0 Å². The maximum absolute atomic E-state index is 12.5. The highest BCUT2D eigenvalue weighted by atomic mass is 32.2. The smallest absolute Gasteiger partial charge is 0.407 e. The summed E-state index contributed by atoms with van der Waals surface area (Å²) in [5, 5.41) is 2.61. The quantitative estimate of drug-likeness (QED) is 0.516. The predicted molar refractivity (Wildman–Crippen MR) is 120 cm³/mol. The van der Waals surface area contributed by atoms with E-state index in [0.717, 1.165) is 5.56 Å². The van der Waals surface area contributed by atoms with Crippen molar-refractivity contribution in [3.05, 3.63) is 101 Å². The zero-order chi connectivity index (χ0) is 24.1. The first-order chi connectivity index (χ1) is 16.4. The molecule has 4 rings (SSSR count). The molecule has 0 bridgehead atoms. The lowest BCUT2D eigenvalue weighted by Crippen LogP contribution is -2.33. The Bertz CT molecular complexity index is 1320. The molecular formula is C24H20N2O7S. The molecule has 3 aromatic rings. The van der Waals surface area contributed by atoms with Gasteiger partial charge in [0.15, 0.2) is 6.73 Å². The average molecular weight is 480 g/mol. The molecule has 0 saturated carbocycles. The van der Waals surface area contributed by atoms with Crippen LogP contribution in [0.5, 0.6) is 0 Å². The number of nitrogens with one attached hydrogen (secondary N) is 1. The predicted octanol–water partition coefficient (Wildman–Crippen LogP) is 3.07. The molecule has 3 aromatic carbocycles. The van der Waals surface area contributed by atoms with Gasteiger partial charge < -0.3 is 14.8 Å². The van der Waals surface area contributed by atoms with Crippen molar-refractivity contribution in [3.63, 3.8) is 0 Å². The molecule has 1 aliphatic rings. The average Bonchev–Trinajstić information content (AvgIpc) is 3.06. The fraction of sp³-hybridized carbons (Fsp3) is 0.125. The Morgan fingerprint density at radius 2 is 1.50 bits per heavy atom. The summed E-state index contributed by atoms with van der Waals surface area (Å²) in [5.41, 5.74) is 1.78. The van der Waals surface area contributed by atoms with Crippen molar-refractivity contribution in [2.45, 2.75) is 18.0 Å². The lowest BCUT2D eigenvalue weighted by Gasteiger charge is -2.15. The second-order valence-electron chi connectivity index (χ2n) is 7.33. The van der Waals surface area contributed by atoms with Gasteiger partial charge in [-0.25, -0.2) is 18.0 Å². The van der Waals surface area contributed by atoms with E-state index in [-0.39, 0.29) is 29.2 Å². The Morgan fingerprint density at radius 3 is 2.21 bits per heavy atom. The van der Waals surface area contributed by atoms with Crippen molar-refractivity contribution < 1.29 is 32.3 Å². The molecule has 0 atom stereocenters. The van der Waals surface area contributed by atoms with Gasteiger partial charge in [-0.3, -0.25) is 4.79 Å². The van der Waals surface area contributed by atoms with E-state index in [9.17, 15) is 22.8 Å². The normalized spacial score (nSPS) is 13.8. The third-order valence-corrected chi connectivity index (χ3v) is 6.83. The molecule has 10 heteroatoms. The van der Waals surface area contributed by atoms with Crippen LogP contribution in [-0.2, 0) is 32.6 Å². The monoisotopic (exact) mass is 480 g/mol. The third kappa shape index (κ3) is 4.91. The topological polar surface area (TPSA) is 119 Å². The minimum Gasteiger partial charge on any atom is -0.445 e. The molecule has 2 amide bonds. The minimum absolute atomic E-state index is 0.0395. The summed E-state index contributed by atoms with van der Waals surface area (Å²) in [7, 11) is -4.06. The minimum atomic E-state index is -4.06. The maximum atomic E-state index is 12.5. The Balaban J connectivity index is 1.27. The number of hydrogen-bond acceptors (Lipinski definition) is 7. The highest BCUT2D eigenvalue weighted by Gasteiger charge is 2.41. The third-order valence-electron chi connectivity index (χ3n) is 5.06. The number of carbonyl (C=O) groups is 3. The van der Waals surface area contributed by atoms with E-state index in [1.165, 1.54) is 30.3 Å². The first-order valence-corrected chi connectivity index (χ1v) is 11.7. The fourth-order valence-corrected chi connectivity index (χ4v) is 4.70. The number of hydrogen-bond donors (Lipinski definition) is 1. The zero-order valence-electron chi connectivity index (χ0n) is 17.8. The standard InChI is InChI=1S/C24H20N2O7S/c27-22-20-8-4-5-9-21(20)34(30,31)26(22)16-33-23(28)19-12-10-17(11-13-19)14-25-24(29)32-15-18-6-2-1-3-7-18/h1-13H,14-16H2,(H,25,29). The number of nitrogens with zero attached hydrogens (tertiary/aromatic N) is 1. The number of amides is 2. The van der Waals surface area contributed by atoms with E-state index in [0.29, 0.717) is 9.87 Å². The van der Waals surface area contributed by atoms with Crippen molar-refractivity contribution in [1.29, 1.82) is 0 Å². The number of sulfonamides is 1. The summed E-state index contributed by atoms with van der Waals surface area (Å²) in [6.45, 7) is -0.398. The van der Waals surface area contributed by atoms with E-state index in [2.05, 4.69) is 5.32 Å². The summed E-state index contributed by atoms with van der Waals surface area (Å²) in [6.07, 6.45) is -0.579. The summed E-state index contributed by atoms with van der Waals surface area (Å²) in [4.78, 5) is 36.4. The lowest BCUT2D eigenvalue weighted by molar-refractivity contribution is 0.0358. The van der Waals surface area contributed by atoms with Crippen LogP contribution >= 0.6 is 0 Å². The molecule has 0 spiro atoms. The summed E-state index contributed by atoms with van der Waals surface area (Å²) >= 11 is 0. The summed E-state index contributed by atoms with van der Waals surface area (Å²) in [5.74, 6) is -1.54. The fourth-order valence-electron chi connectivity index (χ4n) is 3.27. The molecule has 0 radical (unpaired) electrons. The molecule has 0 aromatic heterocycles. The SMILES string of the molecule is O=C(NCc1ccc(C(=O)OCN2C(=O)c3ccccc3S2(=O)=O)cc1)OCc1ccccc1. The van der Waals surface area contributed by atoms with E-state index >= 15 is 0 Å². The van der Waals surface area contributed by atoms with Crippen LogP contribution in [0.2, 0.25) is 0 Å². The number of benzene rings is 3. The summed E-state index contributed by atoms with van der Waals surface area (Å²) in [6, 6.07) is 21.2. The molecule has 1 N–H and O–H groups in total. The van der Waals surface area contributed by atoms with Gasteiger partial charge >= 0.3 is 12.1 Å². The molecule has 0 saturated heterocycles. The second kappa shape index (κ2) is 9.75. The van der Waals surface area contributed by atoms with Crippen molar-refractivity contribution in [2.24, 2.45) is 0 Å². The number of alkyl carbamates (subject to hydrolysis) is 1. The van der Waals surface area contributed by atoms with Crippen LogP contribution in [0.25, 0.3) is 0 Å². The number of rotatable bonds is 7. The molecule has 0 unspecified atom stereocenters. The van der Waals surface area contributed by atoms with Crippen molar-refractivity contribution in [1.82, 2.24) is 9.62 Å². The molecule has 1 heterocycles. The van der Waals surface area contributed by atoms with E-state index < -0.39 is 34.7 Å². The van der Waals surface area contributed by atoms with E-state index in [1.54, 1.807) is 18.2 Å². The van der Waals surface area contributed by atoms with Crippen molar-refractivity contribution in [2.75, 3.05) is 6.73 Å². The van der Waals surface area contributed by atoms with Gasteiger partial charge in [0.2, 0.25) is 0 Å². The molecule has 174 valence electrons. The Hall–Kier alpha value is -4.18. The molecule has 0 fully saturated rings. The zero-order valence-corrected chi connectivity index (χ0v) is 18.7. The highest BCUT2D eigenvalue weighted by molar-refractivity contribution is 7.90. The van der Waals surface area contributed by atoms with Crippen LogP contribution in [-0.4, -0.2) is 37.4 Å².